The van der Waals surface area contributed by atoms with Crippen LogP contribution in [-0.4, -0.2) is 49.0 Å². The summed E-state index contributed by atoms with van der Waals surface area (Å²) in [6, 6.07) is 11.7. The van der Waals surface area contributed by atoms with E-state index in [2.05, 4.69) is 34.1 Å². The van der Waals surface area contributed by atoms with Gasteiger partial charge in [0.1, 0.15) is 5.69 Å². The van der Waals surface area contributed by atoms with Crippen LogP contribution in [0.2, 0.25) is 0 Å². The Labute approximate surface area is 143 Å². The monoisotopic (exact) mass is 324 g/mol. The number of pyridine rings is 1. The lowest BCUT2D eigenvalue weighted by Crippen LogP contribution is -2.44. The maximum absolute atomic E-state index is 12.6. The van der Waals surface area contributed by atoms with Gasteiger partial charge in [-0.3, -0.25) is 9.78 Å². The van der Waals surface area contributed by atoms with E-state index in [1.807, 2.05) is 36.4 Å². The van der Waals surface area contributed by atoms with Crippen LogP contribution in [0.4, 0.5) is 11.4 Å². The van der Waals surface area contributed by atoms with E-state index in [0.29, 0.717) is 5.69 Å². The van der Waals surface area contributed by atoms with Crippen LogP contribution in [0.1, 0.15) is 23.0 Å². The molecule has 0 radical (unpaired) electrons. The molecular formula is C19H24N4O. The first-order valence-corrected chi connectivity index (χ1v) is 8.46. The van der Waals surface area contributed by atoms with Gasteiger partial charge >= 0.3 is 0 Å². The fraction of sp³-hybridized carbons (Fsp3) is 0.368. The Bertz CT molecular complexity index is 708. The van der Waals surface area contributed by atoms with Crippen molar-refractivity contribution in [1.82, 2.24) is 9.88 Å². The predicted molar refractivity (Wildman–Crippen MR) is 97.7 cm³/mol. The summed E-state index contributed by atoms with van der Waals surface area (Å²) in [6.07, 6.45) is 2.60. The lowest BCUT2D eigenvalue weighted by atomic mass is 10.1. The molecule has 0 spiro atoms. The fourth-order valence-electron chi connectivity index (χ4n) is 2.94. The molecular weight excluding hydrogens is 300 g/mol. The van der Waals surface area contributed by atoms with Gasteiger partial charge in [-0.1, -0.05) is 25.1 Å². The third-order valence-corrected chi connectivity index (χ3v) is 4.49. The minimum absolute atomic E-state index is 0.160. The molecule has 5 heteroatoms. The van der Waals surface area contributed by atoms with Crippen LogP contribution in [0.5, 0.6) is 0 Å². The largest absolute Gasteiger partial charge is 0.369 e. The van der Waals surface area contributed by atoms with Crippen molar-refractivity contribution in [2.75, 3.05) is 43.4 Å². The number of likely N-dealkylation sites (N-methyl/N-ethyl adjacent to an activating group) is 1. The van der Waals surface area contributed by atoms with Crippen LogP contribution in [-0.2, 0) is 6.42 Å². The van der Waals surface area contributed by atoms with Gasteiger partial charge in [-0.05, 0) is 37.2 Å². The van der Waals surface area contributed by atoms with Crippen molar-refractivity contribution in [1.29, 1.82) is 0 Å². The highest BCUT2D eigenvalue weighted by Crippen LogP contribution is 2.19. The minimum Gasteiger partial charge on any atom is -0.369 e. The second-order valence-corrected chi connectivity index (χ2v) is 6.15. The van der Waals surface area contributed by atoms with Crippen LogP contribution in [0.25, 0.3) is 0 Å². The summed E-state index contributed by atoms with van der Waals surface area (Å²) in [5.41, 5.74) is 3.50. The molecule has 3 rings (SSSR count). The molecule has 0 atom stereocenters. The Morgan fingerprint density at radius 2 is 1.92 bits per heavy atom. The average molecular weight is 324 g/mol. The Kier molecular flexibility index (Phi) is 5.11. The van der Waals surface area contributed by atoms with E-state index in [-0.39, 0.29) is 5.91 Å². The number of rotatable bonds is 4. The number of aromatic nitrogens is 1. The SMILES string of the molecule is CCc1ccccc1NC(=O)c1cc(N2CCN(C)CC2)ccn1. The maximum atomic E-state index is 12.6. The van der Waals surface area contributed by atoms with Crippen LogP contribution < -0.4 is 10.2 Å². The van der Waals surface area contributed by atoms with Crippen LogP contribution in [0.15, 0.2) is 42.6 Å². The Balaban J connectivity index is 1.75. The van der Waals surface area contributed by atoms with Crippen molar-refractivity contribution >= 4 is 17.3 Å². The fourth-order valence-corrected chi connectivity index (χ4v) is 2.94. The molecule has 126 valence electrons. The molecule has 0 aliphatic carbocycles. The van der Waals surface area contributed by atoms with Crippen molar-refractivity contribution in [3.63, 3.8) is 0 Å². The molecule has 1 fully saturated rings. The van der Waals surface area contributed by atoms with Crippen molar-refractivity contribution in [2.24, 2.45) is 0 Å². The van der Waals surface area contributed by atoms with Gasteiger partial charge < -0.3 is 15.1 Å². The van der Waals surface area contributed by atoms with Gasteiger partial charge in [0.2, 0.25) is 0 Å². The lowest BCUT2D eigenvalue weighted by Gasteiger charge is -2.34. The number of anilines is 2. The second-order valence-electron chi connectivity index (χ2n) is 6.15. The predicted octanol–water partition coefficient (Wildman–Crippen LogP) is 2.65. The van der Waals surface area contributed by atoms with Gasteiger partial charge in [-0.2, -0.15) is 0 Å². The number of aryl methyl sites for hydroxylation is 1. The van der Waals surface area contributed by atoms with Crippen molar-refractivity contribution in [3.8, 4) is 0 Å². The molecule has 24 heavy (non-hydrogen) atoms. The number of piperazine rings is 1. The topological polar surface area (TPSA) is 48.5 Å². The molecule has 1 N–H and O–H groups in total. The summed E-state index contributed by atoms with van der Waals surface area (Å²) in [5.74, 6) is -0.160. The molecule has 0 saturated carbocycles. The van der Waals surface area contributed by atoms with E-state index in [1.54, 1.807) is 6.20 Å². The summed E-state index contributed by atoms with van der Waals surface area (Å²) >= 11 is 0. The molecule has 1 saturated heterocycles. The summed E-state index contributed by atoms with van der Waals surface area (Å²) in [4.78, 5) is 21.4. The number of carbonyl (C=O) groups excluding carboxylic acids is 1. The standard InChI is InChI=1S/C19H24N4O/c1-3-15-6-4-5-7-17(15)21-19(24)18-14-16(8-9-20-18)23-12-10-22(2)11-13-23/h4-9,14H,3,10-13H2,1-2H3,(H,21,24). The zero-order chi connectivity index (χ0) is 16.9. The Hall–Kier alpha value is -2.40. The van der Waals surface area contributed by atoms with E-state index >= 15 is 0 Å². The summed E-state index contributed by atoms with van der Waals surface area (Å²) in [5, 5.41) is 2.99. The first-order valence-electron chi connectivity index (χ1n) is 8.46. The average Bonchev–Trinajstić information content (AvgIpc) is 2.63. The summed E-state index contributed by atoms with van der Waals surface area (Å²) in [6.45, 7) is 6.10. The molecule has 0 bridgehead atoms. The summed E-state index contributed by atoms with van der Waals surface area (Å²) in [7, 11) is 2.13. The van der Waals surface area contributed by atoms with E-state index in [9.17, 15) is 4.79 Å². The zero-order valence-electron chi connectivity index (χ0n) is 14.3. The maximum Gasteiger partial charge on any atom is 0.274 e. The normalized spacial score (nSPS) is 15.3. The van der Waals surface area contributed by atoms with Crippen molar-refractivity contribution in [2.45, 2.75) is 13.3 Å². The molecule has 0 unspecified atom stereocenters. The second kappa shape index (κ2) is 7.45. The highest BCUT2D eigenvalue weighted by atomic mass is 16.1. The summed E-state index contributed by atoms with van der Waals surface area (Å²) < 4.78 is 0. The third kappa shape index (κ3) is 3.74. The third-order valence-electron chi connectivity index (χ3n) is 4.49. The van der Waals surface area contributed by atoms with Gasteiger partial charge in [0, 0.05) is 43.8 Å². The molecule has 1 aromatic carbocycles. The quantitative estimate of drug-likeness (QED) is 0.939. The highest BCUT2D eigenvalue weighted by molar-refractivity contribution is 6.03. The van der Waals surface area contributed by atoms with Crippen LogP contribution in [0.3, 0.4) is 0 Å². The first kappa shape index (κ1) is 16.5. The van der Waals surface area contributed by atoms with Crippen LogP contribution >= 0.6 is 0 Å². The number of amides is 1. The molecule has 1 aromatic heterocycles. The van der Waals surface area contributed by atoms with E-state index < -0.39 is 0 Å². The Morgan fingerprint density at radius 1 is 1.17 bits per heavy atom. The number of benzene rings is 1. The first-order chi connectivity index (χ1) is 11.7. The lowest BCUT2D eigenvalue weighted by molar-refractivity contribution is 0.102. The van der Waals surface area contributed by atoms with Gasteiger partial charge in [0.05, 0.1) is 0 Å². The van der Waals surface area contributed by atoms with Crippen molar-refractivity contribution < 1.29 is 4.79 Å². The molecule has 2 heterocycles. The molecule has 1 amide bonds. The number of nitrogens with zero attached hydrogens (tertiary/aromatic N) is 3. The van der Waals surface area contributed by atoms with E-state index in [4.69, 9.17) is 0 Å². The van der Waals surface area contributed by atoms with E-state index in [0.717, 1.165) is 49.5 Å². The molecule has 5 nitrogen and oxygen atoms in total. The minimum atomic E-state index is -0.160. The van der Waals surface area contributed by atoms with Crippen LogP contribution in [0, 0.1) is 0 Å². The zero-order valence-corrected chi connectivity index (χ0v) is 14.3. The van der Waals surface area contributed by atoms with E-state index in [1.165, 1.54) is 0 Å². The van der Waals surface area contributed by atoms with Gasteiger partial charge in [-0.15, -0.1) is 0 Å². The smallest absolute Gasteiger partial charge is 0.274 e. The number of para-hydroxylation sites is 1. The molecule has 1 aliphatic heterocycles. The Morgan fingerprint density at radius 3 is 2.67 bits per heavy atom. The van der Waals surface area contributed by atoms with Gasteiger partial charge in [-0.25, -0.2) is 0 Å². The number of hydrogen-bond donors (Lipinski definition) is 1. The van der Waals surface area contributed by atoms with Crippen molar-refractivity contribution in [3.05, 3.63) is 53.9 Å². The number of carbonyl (C=O) groups is 1. The van der Waals surface area contributed by atoms with Gasteiger partial charge in [0.25, 0.3) is 5.91 Å². The van der Waals surface area contributed by atoms with Gasteiger partial charge in [0.15, 0.2) is 0 Å². The molecule has 2 aromatic rings. The number of hydrogen-bond acceptors (Lipinski definition) is 4. The number of nitrogens with one attached hydrogen (secondary N) is 1. The molecule has 1 aliphatic rings. The highest BCUT2D eigenvalue weighted by Gasteiger charge is 2.16.